The van der Waals surface area contributed by atoms with Crippen LogP contribution in [0.2, 0.25) is 0 Å². The average Bonchev–Trinajstić information content (AvgIpc) is 2.88. The summed E-state index contributed by atoms with van der Waals surface area (Å²) in [7, 11) is 2.19. The topological polar surface area (TPSA) is 41.3 Å². The Morgan fingerprint density at radius 1 is 1.31 bits per heavy atom. The highest BCUT2D eigenvalue weighted by Crippen LogP contribution is 2.35. The van der Waals surface area contributed by atoms with Crippen LogP contribution >= 0.6 is 0 Å². The van der Waals surface area contributed by atoms with Crippen LogP contribution in [0.3, 0.4) is 0 Å². The number of likely N-dealkylation sites (N-methyl/N-ethyl adjacent to an activating group) is 1. The van der Waals surface area contributed by atoms with E-state index in [2.05, 4.69) is 53.5 Å². The molecule has 0 saturated heterocycles. The molecule has 4 nitrogen and oxygen atoms in total. The van der Waals surface area contributed by atoms with E-state index in [0.717, 1.165) is 18.5 Å². The van der Waals surface area contributed by atoms with Crippen molar-refractivity contribution in [3.8, 4) is 0 Å². The Bertz CT molecular complexity index is 943. The van der Waals surface area contributed by atoms with Gasteiger partial charge in [0.15, 0.2) is 0 Å². The number of aromatic nitrogens is 2. The van der Waals surface area contributed by atoms with Gasteiger partial charge in [-0.15, -0.1) is 0 Å². The molecule has 2 atom stereocenters. The largest absolute Gasteiger partial charge is 0.384 e. The minimum atomic E-state index is -0.967. The van der Waals surface area contributed by atoms with Gasteiger partial charge in [0.2, 0.25) is 0 Å². The van der Waals surface area contributed by atoms with Crippen LogP contribution in [0.5, 0.6) is 0 Å². The van der Waals surface area contributed by atoms with Gasteiger partial charge in [-0.1, -0.05) is 17.7 Å². The lowest BCUT2D eigenvalue weighted by Crippen LogP contribution is -2.36. The average molecular weight is 349 g/mol. The molecule has 0 spiro atoms. The first kappa shape index (κ1) is 17.3. The number of hydrogen-bond donors (Lipinski definition) is 1. The molecule has 0 radical (unpaired) electrons. The number of nitrogens with zero attached hydrogens (tertiary/aromatic N) is 3. The van der Waals surface area contributed by atoms with Gasteiger partial charge in [-0.3, -0.25) is 9.88 Å². The number of rotatable bonds is 3. The minimum absolute atomic E-state index is 0.495. The molecule has 1 aliphatic rings. The monoisotopic (exact) mass is 349 g/mol. The normalized spacial score (nSPS) is 20.1. The van der Waals surface area contributed by atoms with E-state index >= 15 is 0 Å². The Kier molecular flexibility index (Phi) is 4.13. The van der Waals surface area contributed by atoms with Gasteiger partial charge in [0.25, 0.3) is 0 Å². The van der Waals surface area contributed by atoms with E-state index in [9.17, 15) is 5.11 Å². The van der Waals surface area contributed by atoms with Crippen molar-refractivity contribution in [2.24, 2.45) is 0 Å². The minimum Gasteiger partial charge on any atom is -0.384 e. The van der Waals surface area contributed by atoms with Crippen LogP contribution in [-0.4, -0.2) is 32.6 Å². The predicted octanol–water partition coefficient (Wildman–Crippen LogP) is 3.63. The quantitative estimate of drug-likeness (QED) is 0.785. The van der Waals surface area contributed by atoms with Gasteiger partial charge in [0.05, 0.1) is 6.54 Å². The summed E-state index contributed by atoms with van der Waals surface area (Å²) in [5, 5.41) is 12.5. The van der Waals surface area contributed by atoms with Crippen LogP contribution in [-0.2, 0) is 25.1 Å². The molecule has 0 aliphatic carbocycles. The van der Waals surface area contributed by atoms with Gasteiger partial charge in [0.1, 0.15) is 5.60 Å². The Hall–Kier alpha value is -2.17. The van der Waals surface area contributed by atoms with E-state index in [-0.39, 0.29) is 0 Å². The van der Waals surface area contributed by atoms with Crippen molar-refractivity contribution in [3.05, 3.63) is 65.1 Å². The zero-order valence-corrected chi connectivity index (χ0v) is 16.0. The maximum atomic E-state index is 11.2. The van der Waals surface area contributed by atoms with E-state index in [0.29, 0.717) is 12.6 Å². The highest BCUT2D eigenvalue weighted by molar-refractivity contribution is 5.86. The maximum absolute atomic E-state index is 11.2. The van der Waals surface area contributed by atoms with Gasteiger partial charge < -0.3 is 9.67 Å². The smallest absolute Gasteiger partial charge is 0.106 e. The summed E-state index contributed by atoms with van der Waals surface area (Å²) in [6.07, 6.45) is 4.51. The maximum Gasteiger partial charge on any atom is 0.106 e. The molecule has 4 heteroatoms. The number of fused-ring (bicyclic) bond motifs is 3. The van der Waals surface area contributed by atoms with Crippen molar-refractivity contribution in [1.29, 1.82) is 0 Å². The molecule has 1 N–H and O–H groups in total. The van der Waals surface area contributed by atoms with E-state index in [1.807, 2.05) is 19.1 Å². The molecule has 1 aromatic carbocycles. The molecule has 1 aliphatic heterocycles. The Morgan fingerprint density at radius 2 is 2.12 bits per heavy atom. The van der Waals surface area contributed by atoms with Crippen LogP contribution in [0, 0.1) is 6.92 Å². The molecule has 0 saturated carbocycles. The molecular formula is C22H27N3O. The molecule has 0 fully saturated rings. The second-order valence-corrected chi connectivity index (χ2v) is 8.02. The van der Waals surface area contributed by atoms with Crippen molar-refractivity contribution in [1.82, 2.24) is 14.5 Å². The van der Waals surface area contributed by atoms with E-state index < -0.39 is 5.60 Å². The Morgan fingerprint density at radius 3 is 2.85 bits per heavy atom. The Labute approximate surface area is 155 Å². The summed E-state index contributed by atoms with van der Waals surface area (Å²) in [6, 6.07) is 11.0. The molecule has 2 unspecified atom stereocenters. The highest BCUT2D eigenvalue weighted by Gasteiger charge is 2.31. The fraction of sp³-hybridized carbons (Fsp3) is 0.409. The summed E-state index contributed by atoms with van der Waals surface area (Å²) in [4.78, 5) is 6.60. The van der Waals surface area contributed by atoms with Crippen molar-refractivity contribution in [3.63, 3.8) is 0 Å². The molecule has 4 rings (SSSR count). The summed E-state index contributed by atoms with van der Waals surface area (Å²) >= 11 is 0. The van der Waals surface area contributed by atoms with Crippen LogP contribution in [0.4, 0.5) is 0 Å². The van der Waals surface area contributed by atoms with Gasteiger partial charge in [-0.05, 0) is 51.6 Å². The fourth-order valence-corrected chi connectivity index (χ4v) is 4.10. The third kappa shape index (κ3) is 2.83. The lowest BCUT2D eigenvalue weighted by atomic mass is 9.96. The van der Waals surface area contributed by atoms with Crippen LogP contribution in [0.25, 0.3) is 10.9 Å². The molecule has 26 heavy (non-hydrogen) atoms. The van der Waals surface area contributed by atoms with Crippen molar-refractivity contribution in [2.45, 2.75) is 51.9 Å². The zero-order valence-electron chi connectivity index (χ0n) is 16.0. The lowest BCUT2D eigenvalue weighted by molar-refractivity contribution is 0.0378. The molecule has 2 aromatic heterocycles. The molecule has 3 aromatic rings. The first-order valence-electron chi connectivity index (χ1n) is 9.30. The SMILES string of the molecule is Cc1ccc2c(c1)c1c(n2CC(C)(O)c2cccnc2)CC(C)N(C)C1. The van der Waals surface area contributed by atoms with Crippen LogP contribution in [0.15, 0.2) is 42.7 Å². The van der Waals surface area contributed by atoms with Gasteiger partial charge in [-0.25, -0.2) is 0 Å². The summed E-state index contributed by atoms with van der Waals surface area (Å²) in [5.74, 6) is 0. The summed E-state index contributed by atoms with van der Waals surface area (Å²) in [6.45, 7) is 7.79. The van der Waals surface area contributed by atoms with Gasteiger partial charge >= 0.3 is 0 Å². The fourth-order valence-electron chi connectivity index (χ4n) is 4.10. The number of pyridine rings is 1. The van der Waals surface area contributed by atoms with Crippen molar-refractivity contribution < 1.29 is 5.11 Å². The van der Waals surface area contributed by atoms with Crippen molar-refractivity contribution in [2.75, 3.05) is 7.05 Å². The standard InChI is InChI=1S/C22H27N3O/c1-15-7-8-20-18(10-15)19-13-24(4)16(2)11-21(19)25(20)14-22(3,26)17-6-5-9-23-12-17/h5-10,12,16,26H,11,13-14H2,1-4H3. The van der Waals surface area contributed by atoms with Gasteiger partial charge in [0, 0.05) is 53.6 Å². The van der Waals surface area contributed by atoms with E-state index in [1.165, 1.54) is 27.7 Å². The molecule has 0 bridgehead atoms. The first-order valence-corrected chi connectivity index (χ1v) is 9.30. The zero-order chi connectivity index (χ0) is 18.5. The summed E-state index contributed by atoms with van der Waals surface area (Å²) in [5.41, 5.74) is 5.14. The summed E-state index contributed by atoms with van der Waals surface area (Å²) < 4.78 is 2.33. The number of aliphatic hydroxyl groups is 1. The third-order valence-corrected chi connectivity index (χ3v) is 5.84. The van der Waals surface area contributed by atoms with Crippen molar-refractivity contribution >= 4 is 10.9 Å². The second kappa shape index (κ2) is 6.22. The molecule has 3 heterocycles. The van der Waals surface area contributed by atoms with Gasteiger partial charge in [-0.2, -0.15) is 0 Å². The molecule has 136 valence electrons. The van der Waals surface area contributed by atoms with Crippen LogP contribution < -0.4 is 0 Å². The number of hydrogen-bond acceptors (Lipinski definition) is 3. The molecular weight excluding hydrogens is 322 g/mol. The first-order chi connectivity index (χ1) is 12.4. The van der Waals surface area contributed by atoms with E-state index in [1.54, 1.807) is 12.4 Å². The number of benzene rings is 1. The van der Waals surface area contributed by atoms with Crippen LogP contribution in [0.1, 0.15) is 36.2 Å². The highest BCUT2D eigenvalue weighted by atomic mass is 16.3. The predicted molar refractivity (Wildman–Crippen MR) is 105 cm³/mol. The molecule has 0 amide bonds. The third-order valence-electron chi connectivity index (χ3n) is 5.84. The van der Waals surface area contributed by atoms with E-state index in [4.69, 9.17) is 0 Å². The lowest BCUT2D eigenvalue weighted by Gasteiger charge is -2.32. The second-order valence-electron chi connectivity index (χ2n) is 8.02. The number of aryl methyl sites for hydroxylation is 1. The Balaban J connectivity index is 1.86.